The van der Waals surface area contributed by atoms with E-state index >= 15 is 0 Å². The van der Waals surface area contributed by atoms with E-state index in [0.29, 0.717) is 18.4 Å². The summed E-state index contributed by atoms with van der Waals surface area (Å²) in [4.78, 5) is 11.7. The first-order valence-corrected chi connectivity index (χ1v) is 7.31. The second kappa shape index (κ2) is 9.37. The molecule has 0 fully saturated rings. The second-order valence-corrected chi connectivity index (χ2v) is 5.06. The number of ether oxygens (including phenoxy) is 2. The second-order valence-electron chi connectivity index (χ2n) is 5.06. The van der Waals surface area contributed by atoms with E-state index in [1.54, 1.807) is 7.11 Å². The van der Waals surface area contributed by atoms with Gasteiger partial charge < -0.3 is 20.1 Å². The van der Waals surface area contributed by atoms with Gasteiger partial charge in [0, 0.05) is 19.2 Å². The minimum atomic E-state index is -0.148. The highest BCUT2D eigenvalue weighted by Gasteiger charge is 2.08. The highest BCUT2D eigenvalue weighted by atomic mass is 16.5. The molecule has 118 valence electrons. The van der Waals surface area contributed by atoms with E-state index in [-0.39, 0.29) is 18.6 Å². The van der Waals surface area contributed by atoms with Gasteiger partial charge in [-0.15, -0.1) is 0 Å². The van der Waals surface area contributed by atoms with E-state index in [9.17, 15) is 4.79 Å². The lowest BCUT2D eigenvalue weighted by Crippen LogP contribution is -2.38. The van der Waals surface area contributed by atoms with E-state index in [1.807, 2.05) is 31.2 Å². The molecule has 2 N–H and O–H groups in total. The molecular weight excluding hydrogens is 268 g/mol. The number of methoxy groups -OCH3 is 1. The van der Waals surface area contributed by atoms with Crippen LogP contribution in [0.15, 0.2) is 24.3 Å². The maximum atomic E-state index is 11.7. The lowest BCUT2D eigenvalue weighted by Gasteiger charge is -2.14. The molecule has 1 aromatic carbocycles. The number of benzene rings is 1. The normalized spacial score (nSPS) is 13.5. The Hall–Kier alpha value is -1.59. The molecule has 0 aromatic heterocycles. The molecule has 1 aromatic rings. The van der Waals surface area contributed by atoms with Crippen molar-refractivity contribution in [1.29, 1.82) is 0 Å². The Bertz CT molecular complexity index is 420. The molecule has 0 aliphatic rings. The summed E-state index contributed by atoms with van der Waals surface area (Å²) >= 11 is 0. The average molecular weight is 294 g/mol. The average Bonchev–Trinajstić information content (AvgIpc) is 2.46. The molecule has 2 unspecified atom stereocenters. The van der Waals surface area contributed by atoms with Crippen molar-refractivity contribution in [3.63, 3.8) is 0 Å². The van der Waals surface area contributed by atoms with Crippen molar-refractivity contribution >= 4 is 5.91 Å². The largest absolute Gasteiger partial charge is 0.484 e. The maximum Gasteiger partial charge on any atom is 0.258 e. The van der Waals surface area contributed by atoms with Crippen LogP contribution in [0.3, 0.4) is 0 Å². The fourth-order valence-corrected chi connectivity index (χ4v) is 2.03. The Morgan fingerprint density at radius 1 is 1.24 bits per heavy atom. The predicted molar refractivity (Wildman–Crippen MR) is 83.5 cm³/mol. The highest BCUT2D eigenvalue weighted by Crippen LogP contribution is 2.17. The summed E-state index contributed by atoms with van der Waals surface area (Å²) < 4.78 is 10.4. The summed E-state index contributed by atoms with van der Waals surface area (Å²) in [5.74, 6) is 0.543. The third-order valence-electron chi connectivity index (χ3n) is 3.08. The Labute approximate surface area is 127 Å². The van der Waals surface area contributed by atoms with Crippen LogP contribution in [0, 0.1) is 0 Å². The summed E-state index contributed by atoms with van der Waals surface area (Å²) in [5, 5.41) is 6.15. The van der Waals surface area contributed by atoms with E-state index in [0.717, 1.165) is 6.54 Å². The standard InChI is InChI=1S/C16H26N2O3/c1-5-17-13(3)14-6-8-15(9-7-14)21-11-16(19)18-12(2)10-20-4/h6-9,12-13,17H,5,10-11H2,1-4H3,(H,18,19). The van der Waals surface area contributed by atoms with Crippen LogP contribution in [0.2, 0.25) is 0 Å². The van der Waals surface area contributed by atoms with Crippen molar-refractivity contribution in [3.8, 4) is 5.75 Å². The Morgan fingerprint density at radius 2 is 1.90 bits per heavy atom. The van der Waals surface area contributed by atoms with Gasteiger partial charge in [0.2, 0.25) is 0 Å². The molecule has 5 heteroatoms. The van der Waals surface area contributed by atoms with E-state index in [1.165, 1.54) is 5.56 Å². The molecule has 0 spiro atoms. The van der Waals surface area contributed by atoms with Crippen LogP contribution in [0.4, 0.5) is 0 Å². The number of carbonyl (C=O) groups excluding carboxylic acids is 1. The van der Waals surface area contributed by atoms with E-state index in [2.05, 4.69) is 24.5 Å². The zero-order valence-electron chi connectivity index (χ0n) is 13.3. The van der Waals surface area contributed by atoms with Crippen LogP contribution < -0.4 is 15.4 Å². The molecule has 0 heterocycles. The molecular formula is C16H26N2O3. The maximum absolute atomic E-state index is 11.7. The third kappa shape index (κ3) is 6.60. The minimum absolute atomic E-state index is 0.0101. The Kier molecular flexibility index (Phi) is 7.79. The first-order chi connectivity index (χ1) is 10.1. The quantitative estimate of drug-likeness (QED) is 0.730. The van der Waals surface area contributed by atoms with Crippen LogP contribution in [0.25, 0.3) is 0 Å². The predicted octanol–water partition coefficient (Wildman–Crippen LogP) is 1.89. The fourth-order valence-electron chi connectivity index (χ4n) is 2.03. The first kappa shape index (κ1) is 17.5. The summed E-state index contributed by atoms with van der Waals surface area (Å²) in [5.41, 5.74) is 1.20. The lowest BCUT2D eigenvalue weighted by atomic mass is 10.1. The first-order valence-electron chi connectivity index (χ1n) is 7.31. The molecule has 0 aliphatic heterocycles. The number of amides is 1. The number of rotatable bonds is 9. The molecule has 0 aliphatic carbocycles. The van der Waals surface area contributed by atoms with Crippen molar-refractivity contribution < 1.29 is 14.3 Å². The molecule has 0 saturated heterocycles. The number of carbonyl (C=O) groups is 1. The van der Waals surface area contributed by atoms with Crippen LogP contribution in [-0.2, 0) is 9.53 Å². The highest BCUT2D eigenvalue weighted by molar-refractivity contribution is 5.77. The molecule has 21 heavy (non-hydrogen) atoms. The van der Waals surface area contributed by atoms with Gasteiger partial charge in [0.1, 0.15) is 5.75 Å². The van der Waals surface area contributed by atoms with Gasteiger partial charge >= 0.3 is 0 Å². The van der Waals surface area contributed by atoms with E-state index < -0.39 is 0 Å². The van der Waals surface area contributed by atoms with Gasteiger partial charge in [0.15, 0.2) is 6.61 Å². The van der Waals surface area contributed by atoms with Crippen molar-refractivity contribution in [2.24, 2.45) is 0 Å². The number of hydrogen-bond acceptors (Lipinski definition) is 4. The smallest absolute Gasteiger partial charge is 0.258 e. The van der Waals surface area contributed by atoms with Crippen LogP contribution in [-0.4, -0.2) is 38.8 Å². The molecule has 1 amide bonds. The minimum Gasteiger partial charge on any atom is -0.484 e. The zero-order chi connectivity index (χ0) is 15.7. The van der Waals surface area contributed by atoms with Gasteiger partial charge in [0.25, 0.3) is 5.91 Å². The summed E-state index contributed by atoms with van der Waals surface area (Å²) in [7, 11) is 1.61. The molecule has 1 rings (SSSR count). The Balaban J connectivity index is 2.40. The van der Waals surface area contributed by atoms with Crippen LogP contribution in [0.1, 0.15) is 32.4 Å². The zero-order valence-corrected chi connectivity index (χ0v) is 13.3. The van der Waals surface area contributed by atoms with Crippen LogP contribution >= 0.6 is 0 Å². The van der Waals surface area contributed by atoms with Crippen molar-refractivity contribution in [2.75, 3.05) is 26.9 Å². The third-order valence-corrected chi connectivity index (χ3v) is 3.08. The van der Waals surface area contributed by atoms with Gasteiger partial charge in [-0.3, -0.25) is 4.79 Å². The van der Waals surface area contributed by atoms with Gasteiger partial charge in [0.05, 0.1) is 6.61 Å². The molecule has 0 saturated carbocycles. The SMILES string of the molecule is CCNC(C)c1ccc(OCC(=O)NC(C)COC)cc1. The van der Waals surface area contributed by atoms with Gasteiger partial charge in [-0.2, -0.15) is 0 Å². The van der Waals surface area contributed by atoms with Gasteiger partial charge in [-0.1, -0.05) is 19.1 Å². The summed E-state index contributed by atoms with van der Waals surface area (Å²) in [6.45, 7) is 7.51. The lowest BCUT2D eigenvalue weighted by molar-refractivity contribution is -0.124. The van der Waals surface area contributed by atoms with Gasteiger partial charge in [-0.25, -0.2) is 0 Å². The van der Waals surface area contributed by atoms with Crippen LogP contribution in [0.5, 0.6) is 5.75 Å². The molecule has 5 nitrogen and oxygen atoms in total. The molecule has 0 radical (unpaired) electrons. The molecule has 0 bridgehead atoms. The van der Waals surface area contributed by atoms with Crippen molar-refractivity contribution in [2.45, 2.75) is 32.9 Å². The Morgan fingerprint density at radius 3 is 2.48 bits per heavy atom. The van der Waals surface area contributed by atoms with Crippen molar-refractivity contribution in [3.05, 3.63) is 29.8 Å². The topological polar surface area (TPSA) is 59.6 Å². The van der Waals surface area contributed by atoms with Gasteiger partial charge in [-0.05, 0) is 38.1 Å². The summed E-state index contributed by atoms with van der Waals surface area (Å²) in [6.07, 6.45) is 0. The van der Waals surface area contributed by atoms with Crippen molar-refractivity contribution in [1.82, 2.24) is 10.6 Å². The number of nitrogens with one attached hydrogen (secondary N) is 2. The summed E-state index contributed by atoms with van der Waals surface area (Å²) in [6, 6.07) is 8.07. The fraction of sp³-hybridized carbons (Fsp3) is 0.562. The monoisotopic (exact) mass is 294 g/mol. The molecule has 2 atom stereocenters. The van der Waals surface area contributed by atoms with E-state index in [4.69, 9.17) is 9.47 Å². The number of hydrogen-bond donors (Lipinski definition) is 2.